The van der Waals surface area contributed by atoms with Crippen LogP contribution in [0, 0.1) is 23.0 Å². The molecule has 0 amide bonds. The fourth-order valence-corrected chi connectivity index (χ4v) is 3.48. The lowest BCUT2D eigenvalue weighted by Gasteiger charge is -2.29. The van der Waals surface area contributed by atoms with Gasteiger partial charge in [0, 0.05) is 17.4 Å². The van der Waals surface area contributed by atoms with Crippen molar-refractivity contribution in [1.82, 2.24) is 0 Å². The SMILES string of the molecule is CC(C)CC1(C(=O)Cc2c(F)cccc2F)CCCC1. The molecular formula is C17H22F2O. The van der Waals surface area contributed by atoms with Gasteiger partial charge >= 0.3 is 0 Å². The number of halogens is 2. The number of hydrogen-bond donors (Lipinski definition) is 0. The van der Waals surface area contributed by atoms with Gasteiger partial charge in [-0.25, -0.2) is 8.78 Å². The van der Waals surface area contributed by atoms with Crippen LogP contribution in [-0.4, -0.2) is 5.78 Å². The third kappa shape index (κ3) is 3.08. The van der Waals surface area contributed by atoms with Gasteiger partial charge in [-0.2, -0.15) is 0 Å². The number of carbonyl (C=O) groups excluding carboxylic acids is 1. The molecule has 0 N–H and O–H groups in total. The topological polar surface area (TPSA) is 17.1 Å². The molecular weight excluding hydrogens is 258 g/mol. The standard InChI is InChI=1S/C17H22F2O/c1-12(2)11-17(8-3-4-9-17)16(20)10-13-14(18)6-5-7-15(13)19/h5-7,12H,3-4,8-11H2,1-2H3. The van der Waals surface area contributed by atoms with Gasteiger partial charge in [0.2, 0.25) is 0 Å². The first-order valence-corrected chi connectivity index (χ1v) is 7.41. The summed E-state index contributed by atoms with van der Waals surface area (Å²) in [7, 11) is 0. The maximum absolute atomic E-state index is 13.7. The van der Waals surface area contributed by atoms with E-state index in [1.165, 1.54) is 18.2 Å². The van der Waals surface area contributed by atoms with Gasteiger partial charge < -0.3 is 0 Å². The number of benzene rings is 1. The smallest absolute Gasteiger partial charge is 0.143 e. The fraction of sp³-hybridized carbons (Fsp3) is 0.588. The van der Waals surface area contributed by atoms with Crippen molar-refractivity contribution >= 4 is 5.78 Å². The maximum atomic E-state index is 13.7. The summed E-state index contributed by atoms with van der Waals surface area (Å²) in [6.45, 7) is 4.19. The molecule has 0 bridgehead atoms. The van der Waals surface area contributed by atoms with Crippen LogP contribution in [0.4, 0.5) is 8.78 Å². The maximum Gasteiger partial charge on any atom is 0.143 e. The predicted molar refractivity (Wildman–Crippen MR) is 75.4 cm³/mol. The Morgan fingerprint density at radius 2 is 1.75 bits per heavy atom. The van der Waals surface area contributed by atoms with Crippen LogP contribution >= 0.6 is 0 Å². The largest absolute Gasteiger partial charge is 0.299 e. The van der Waals surface area contributed by atoms with Crippen LogP contribution < -0.4 is 0 Å². The molecule has 1 aliphatic rings. The minimum Gasteiger partial charge on any atom is -0.299 e. The van der Waals surface area contributed by atoms with Crippen molar-refractivity contribution in [3.05, 3.63) is 35.4 Å². The third-order valence-corrected chi connectivity index (χ3v) is 4.35. The molecule has 3 heteroatoms. The molecule has 0 aliphatic heterocycles. The second-order valence-electron chi connectivity index (χ2n) is 6.39. The van der Waals surface area contributed by atoms with Gasteiger partial charge in [-0.15, -0.1) is 0 Å². The van der Waals surface area contributed by atoms with Crippen LogP contribution in [0.1, 0.15) is 51.5 Å². The average molecular weight is 280 g/mol. The molecule has 0 spiro atoms. The lowest BCUT2D eigenvalue weighted by molar-refractivity contribution is -0.128. The van der Waals surface area contributed by atoms with Crippen LogP contribution in [0.5, 0.6) is 0 Å². The summed E-state index contributed by atoms with van der Waals surface area (Å²) in [5.41, 5.74) is -0.435. The molecule has 1 fully saturated rings. The molecule has 2 rings (SSSR count). The molecule has 1 aromatic carbocycles. The number of hydrogen-bond acceptors (Lipinski definition) is 1. The highest BCUT2D eigenvalue weighted by Gasteiger charge is 2.41. The molecule has 0 atom stereocenters. The van der Waals surface area contributed by atoms with Gasteiger partial charge in [0.1, 0.15) is 17.4 Å². The zero-order valence-electron chi connectivity index (χ0n) is 12.2. The van der Waals surface area contributed by atoms with Crippen molar-refractivity contribution in [3.8, 4) is 0 Å². The highest BCUT2D eigenvalue weighted by molar-refractivity contribution is 5.87. The Morgan fingerprint density at radius 1 is 1.20 bits per heavy atom. The van der Waals surface area contributed by atoms with Crippen LogP contribution in [0.25, 0.3) is 0 Å². The first-order valence-electron chi connectivity index (χ1n) is 7.41. The molecule has 110 valence electrons. The molecule has 0 unspecified atom stereocenters. The first-order chi connectivity index (χ1) is 9.44. The van der Waals surface area contributed by atoms with Gasteiger partial charge in [0.05, 0.1) is 0 Å². The van der Waals surface area contributed by atoms with Gasteiger partial charge in [0.25, 0.3) is 0 Å². The van der Waals surface area contributed by atoms with Gasteiger partial charge in [-0.3, -0.25) is 4.79 Å². The molecule has 1 nitrogen and oxygen atoms in total. The van der Waals surface area contributed by atoms with Gasteiger partial charge in [-0.05, 0) is 37.3 Å². The third-order valence-electron chi connectivity index (χ3n) is 4.35. The summed E-state index contributed by atoms with van der Waals surface area (Å²) < 4.78 is 27.4. The molecule has 20 heavy (non-hydrogen) atoms. The molecule has 1 aliphatic carbocycles. The minimum absolute atomic E-state index is 0.00713. The van der Waals surface area contributed by atoms with E-state index in [9.17, 15) is 13.6 Å². The van der Waals surface area contributed by atoms with Crippen molar-refractivity contribution in [2.24, 2.45) is 11.3 Å². The summed E-state index contributed by atoms with van der Waals surface area (Å²) in [4.78, 5) is 12.6. The van der Waals surface area contributed by atoms with E-state index in [4.69, 9.17) is 0 Å². The molecule has 0 radical (unpaired) electrons. The first kappa shape index (κ1) is 15.1. The summed E-state index contributed by atoms with van der Waals surface area (Å²) in [6, 6.07) is 3.77. The highest BCUT2D eigenvalue weighted by Crippen LogP contribution is 2.44. The Hall–Kier alpha value is -1.25. The molecule has 0 aromatic heterocycles. The quantitative estimate of drug-likeness (QED) is 0.765. The second kappa shape index (κ2) is 6.02. The summed E-state index contributed by atoms with van der Waals surface area (Å²) >= 11 is 0. The minimum atomic E-state index is -0.615. The number of ketones is 1. The fourth-order valence-electron chi connectivity index (χ4n) is 3.48. The van der Waals surface area contributed by atoms with Crippen LogP contribution in [0.3, 0.4) is 0 Å². The molecule has 1 aromatic rings. The van der Waals surface area contributed by atoms with E-state index in [1.807, 2.05) is 0 Å². The Labute approximate surface area is 119 Å². The number of rotatable bonds is 5. The van der Waals surface area contributed by atoms with E-state index >= 15 is 0 Å². The summed E-state index contributed by atoms with van der Waals surface area (Å²) in [6.07, 6.45) is 4.50. The van der Waals surface area contributed by atoms with Crippen molar-refractivity contribution < 1.29 is 13.6 Å². The Bertz CT molecular complexity index is 468. The lowest BCUT2D eigenvalue weighted by atomic mass is 9.73. The van der Waals surface area contributed by atoms with E-state index in [1.54, 1.807) is 0 Å². The van der Waals surface area contributed by atoms with Gasteiger partial charge in [-0.1, -0.05) is 32.8 Å². The van der Waals surface area contributed by atoms with Crippen LogP contribution in [-0.2, 0) is 11.2 Å². The average Bonchev–Trinajstić information content (AvgIpc) is 2.82. The lowest BCUT2D eigenvalue weighted by Crippen LogP contribution is -2.31. The Morgan fingerprint density at radius 3 is 2.25 bits per heavy atom. The normalized spacial score (nSPS) is 17.6. The van der Waals surface area contributed by atoms with E-state index in [0.29, 0.717) is 5.92 Å². The van der Waals surface area contributed by atoms with Crippen LogP contribution in [0.2, 0.25) is 0 Å². The highest BCUT2D eigenvalue weighted by atomic mass is 19.1. The number of Topliss-reactive ketones (excluding diaryl/α,β-unsaturated/α-hetero) is 1. The summed E-state index contributed by atoms with van der Waals surface area (Å²) in [5, 5.41) is 0. The van der Waals surface area contributed by atoms with E-state index in [0.717, 1.165) is 32.1 Å². The summed E-state index contributed by atoms with van der Waals surface area (Å²) in [5.74, 6) is -0.803. The molecule has 1 saturated carbocycles. The second-order valence-corrected chi connectivity index (χ2v) is 6.39. The Balaban J connectivity index is 2.21. The zero-order chi connectivity index (χ0) is 14.8. The Kier molecular flexibility index (Phi) is 4.56. The van der Waals surface area contributed by atoms with Crippen molar-refractivity contribution in [3.63, 3.8) is 0 Å². The van der Waals surface area contributed by atoms with E-state index in [-0.39, 0.29) is 23.2 Å². The monoisotopic (exact) mass is 280 g/mol. The molecule has 0 saturated heterocycles. The molecule has 0 heterocycles. The van der Waals surface area contributed by atoms with Crippen molar-refractivity contribution in [2.75, 3.05) is 0 Å². The number of carbonyl (C=O) groups is 1. The van der Waals surface area contributed by atoms with Crippen LogP contribution in [0.15, 0.2) is 18.2 Å². The van der Waals surface area contributed by atoms with Crippen molar-refractivity contribution in [1.29, 1.82) is 0 Å². The van der Waals surface area contributed by atoms with E-state index < -0.39 is 11.6 Å². The van der Waals surface area contributed by atoms with E-state index in [2.05, 4.69) is 13.8 Å². The van der Waals surface area contributed by atoms with Crippen molar-refractivity contribution in [2.45, 2.75) is 52.4 Å². The zero-order valence-corrected chi connectivity index (χ0v) is 12.2. The van der Waals surface area contributed by atoms with Gasteiger partial charge in [0.15, 0.2) is 0 Å². The predicted octanol–water partition coefficient (Wildman–Crippen LogP) is 4.68.